The van der Waals surface area contributed by atoms with E-state index < -0.39 is 0 Å². The van der Waals surface area contributed by atoms with Gasteiger partial charge in [0.2, 0.25) is 0 Å². The van der Waals surface area contributed by atoms with Crippen molar-refractivity contribution in [3.05, 3.63) is 28.2 Å². The van der Waals surface area contributed by atoms with Gasteiger partial charge in [0.25, 0.3) is 0 Å². The second-order valence-electron chi connectivity index (χ2n) is 5.02. The van der Waals surface area contributed by atoms with Crippen molar-refractivity contribution in [3.63, 3.8) is 0 Å². The molecule has 2 nitrogen and oxygen atoms in total. The zero-order valence-corrected chi connectivity index (χ0v) is 13.6. The first kappa shape index (κ1) is 16.5. The largest absolute Gasteiger partial charge is 0.497 e. The number of rotatable bonds is 9. The number of ether oxygens (including phenoxy) is 1. The Morgan fingerprint density at radius 1 is 1.21 bits per heavy atom. The van der Waals surface area contributed by atoms with E-state index in [4.69, 9.17) is 4.74 Å². The standard InChI is InChI=1S/C16H25BrO2/c1-3-4-5-6-7-8-14(18)11-13-12-15(19-2)9-10-16(13)17/h9-10,12,14,18H,3-8,11H2,1-2H3. The Labute approximate surface area is 125 Å². The van der Waals surface area contributed by atoms with Crippen LogP contribution in [0.3, 0.4) is 0 Å². The van der Waals surface area contributed by atoms with Crippen molar-refractivity contribution >= 4 is 15.9 Å². The van der Waals surface area contributed by atoms with Crippen LogP contribution in [-0.2, 0) is 6.42 Å². The van der Waals surface area contributed by atoms with Crippen LogP contribution in [0.5, 0.6) is 5.75 Å². The molecule has 1 aromatic carbocycles. The van der Waals surface area contributed by atoms with Gasteiger partial charge in [-0.1, -0.05) is 55.0 Å². The van der Waals surface area contributed by atoms with E-state index >= 15 is 0 Å². The van der Waals surface area contributed by atoms with Gasteiger partial charge in [-0.2, -0.15) is 0 Å². The zero-order valence-electron chi connectivity index (χ0n) is 12.0. The number of methoxy groups -OCH3 is 1. The fraction of sp³-hybridized carbons (Fsp3) is 0.625. The first-order valence-electron chi connectivity index (χ1n) is 7.17. The molecule has 0 aliphatic heterocycles. The lowest BCUT2D eigenvalue weighted by Crippen LogP contribution is -2.10. The number of hydrogen-bond donors (Lipinski definition) is 1. The lowest BCUT2D eigenvalue weighted by Gasteiger charge is -2.13. The Bertz CT molecular complexity index is 366. The maximum absolute atomic E-state index is 10.1. The molecule has 1 atom stereocenters. The van der Waals surface area contributed by atoms with Crippen LogP contribution in [0.2, 0.25) is 0 Å². The molecule has 0 saturated carbocycles. The van der Waals surface area contributed by atoms with E-state index in [1.807, 2.05) is 18.2 Å². The summed E-state index contributed by atoms with van der Waals surface area (Å²) in [5, 5.41) is 10.1. The summed E-state index contributed by atoms with van der Waals surface area (Å²) in [6, 6.07) is 5.89. The molecule has 0 aromatic heterocycles. The topological polar surface area (TPSA) is 29.5 Å². The minimum absolute atomic E-state index is 0.259. The van der Waals surface area contributed by atoms with Gasteiger partial charge in [-0.05, 0) is 36.6 Å². The van der Waals surface area contributed by atoms with Gasteiger partial charge in [0.1, 0.15) is 5.75 Å². The molecule has 0 aliphatic rings. The van der Waals surface area contributed by atoms with Gasteiger partial charge in [-0.15, -0.1) is 0 Å². The molecule has 3 heteroatoms. The van der Waals surface area contributed by atoms with Gasteiger partial charge in [0, 0.05) is 4.47 Å². The maximum Gasteiger partial charge on any atom is 0.119 e. The fourth-order valence-electron chi connectivity index (χ4n) is 2.17. The van der Waals surface area contributed by atoms with Crippen LogP contribution in [0.15, 0.2) is 22.7 Å². The molecule has 0 fully saturated rings. The average molecular weight is 329 g/mol. The average Bonchev–Trinajstić information content (AvgIpc) is 2.41. The first-order valence-corrected chi connectivity index (χ1v) is 7.97. The van der Waals surface area contributed by atoms with E-state index in [9.17, 15) is 5.11 Å². The third-order valence-corrected chi connectivity index (χ3v) is 4.12. The molecule has 0 aliphatic carbocycles. The Morgan fingerprint density at radius 3 is 2.63 bits per heavy atom. The fourth-order valence-corrected chi connectivity index (χ4v) is 2.58. The number of aliphatic hydroxyl groups excluding tert-OH is 1. The molecule has 0 heterocycles. The van der Waals surface area contributed by atoms with Gasteiger partial charge in [0.15, 0.2) is 0 Å². The molecule has 1 rings (SSSR count). The van der Waals surface area contributed by atoms with Crippen LogP contribution in [0.25, 0.3) is 0 Å². The summed E-state index contributed by atoms with van der Waals surface area (Å²) in [4.78, 5) is 0. The summed E-state index contributed by atoms with van der Waals surface area (Å²) >= 11 is 3.52. The van der Waals surface area contributed by atoms with E-state index in [1.165, 1.54) is 25.7 Å². The number of unbranched alkanes of at least 4 members (excludes halogenated alkanes) is 4. The van der Waals surface area contributed by atoms with E-state index in [0.717, 1.165) is 28.6 Å². The van der Waals surface area contributed by atoms with Gasteiger partial charge in [-0.25, -0.2) is 0 Å². The van der Waals surface area contributed by atoms with E-state index in [-0.39, 0.29) is 6.10 Å². The Hall–Kier alpha value is -0.540. The Balaban J connectivity index is 2.37. The third-order valence-electron chi connectivity index (χ3n) is 3.35. The van der Waals surface area contributed by atoms with Crippen molar-refractivity contribution in [2.45, 2.75) is 58.0 Å². The van der Waals surface area contributed by atoms with Crippen LogP contribution in [-0.4, -0.2) is 18.3 Å². The molecule has 0 bridgehead atoms. The van der Waals surface area contributed by atoms with Crippen molar-refractivity contribution < 1.29 is 9.84 Å². The summed E-state index contributed by atoms with van der Waals surface area (Å²) in [5.41, 5.74) is 1.11. The smallest absolute Gasteiger partial charge is 0.119 e. The van der Waals surface area contributed by atoms with Crippen LogP contribution in [0.1, 0.15) is 51.0 Å². The number of halogens is 1. The normalized spacial score (nSPS) is 12.4. The summed E-state index contributed by atoms with van der Waals surface area (Å²) in [5.74, 6) is 0.841. The highest BCUT2D eigenvalue weighted by Crippen LogP contribution is 2.24. The van der Waals surface area contributed by atoms with Crippen molar-refractivity contribution in [3.8, 4) is 5.75 Å². The summed E-state index contributed by atoms with van der Waals surface area (Å²) < 4.78 is 6.25. The van der Waals surface area contributed by atoms with Crippen LogP contribution < -0.4 is 4.74 Å². The van der Waals surface area contributed by atoms with E-state index in [2.05, 4.69) is 22.9 Å². The Morgan fingerprint density at radius 2 is 1.95 bits per heavy atom. The van der Waals surface area contributed by atoms with Crippen molar-refractivity contribution in [2.75, 3.05) is 7.11 Å². The molecule has 1 aromatic rings. The SMILES string of the molecule is CCCCCCCC(O)Cc1cc(OC)ccc1Br. The highest BCUT2D eigenvalue weighted by molar-refractivity contribution is 9.10. The Kier molecular flexibility index (Phi) is 8.15. The molecule has 1 unspecified atom stereocenters. The molecule has 0 spiro atoms. The number of hydrogen-bond acceptors (Lipinski definition) is 2. The molecule has 1 N–H and O–H groups in total. The molecule has 0 amide bonds. The number of benzene rings is 1. The third kappa shape index (κ3) is 6.44. The zero-order chi connectivity index (χ0) is 14.1. The molecular weight excluding hydrogens is 304 g/mol. The molecule has 19 heavy (non-hydrogen) atoms. The molecule has 0 saturated heterocycles. The minimum atomic E-state index is -0.259. The predicted octanol–water partition coefficient (Wildman–Crippen LogP) is 4.72. The second-order valence-corrected chi connectivity index (χ2v) is 5.87. The molecular formula is C16H25BrO2. The van der Waals surface area contributed by atoms with Gasteiger partial charge >= 0.3 is 0 Å². The minimum Gasteiger partial charge on any atom is -0.497 e. The monoisotopic (exact) mass is 328 g/mol. The number of aliphatic hydroxyl groups is 1. The van der Waals surface area contributed by atoms with Crippen molar-refractivity contribution in [1.82, 2.24) is 0 Å². The van der Waals surface area contributed by atoms with Crippen LogP contribution >= 0.6 is 15.9 Å². The molecule has 108 valence electrons. The van der Waals surface area contributed by atoms with Gasteiger partial charge < -0.3 is 9.84 Å². The van der Waals surface area contributed by atoms with E-state index in [0.29, 0.717) is 6.42 Å². The lowest BCUT2D eigenvalue weighted by atomic mass is 10.0. The maximum atomic E-state index is 10.1. The molecule has 0 radical (unpaired) electrons. The summed E-state index contributed by atoms with van der Waals surface area (Å²) in [7, 11) is 1.66. The lowest BCUT2D eigenvalue weighted by molar-refractivity contribution is 0.160. The first-order chi connectivity index (χ1) is 9.17. The van der Waals surface area contributed by atoms with Crippen LogP contribution in [0, 0.1) is 0 Å². The van der Waals surface area contributed by atoms with Crippen molar-refractivity contribution in [1.29, 1.82) is 0 Å². The predicted molar refractivity (Wildman–Crippen MR) is 83.8 cm³/mol. The van der Waals surface area contributed by atoms with Gasteiger partial charge in [0.05, 0.1) is 13.2 Å². The summed E-state index contributed by atoms with van der Waals surface area (Å²) in [6.07, 6.45) is 7.50. The summed E-state index contributed by atoms with van der Waals surface area (Å²) in [6.45, 7) is 2.22. The highest BCUT2D eigenvalue weighted by atomic mass is 79.9. The highest BCUT2D eigenvalue weighted by Gasteiger charge is 2.09. The van der Waals surface area contributed by atoms with E-state index in [1.54, 1.807) is 7.11 Å². The van der Waals surface area contributed by atoms with Crippen molar-refractivity contribution in [2.24, 2.45) is 0 Å². The second kappa shape index (κ2) is 9.38. The van der Waals surface area contributed by atoms with Gasteiger partial charge in [-0.3, -0.25) is 0 Å². The quantitative estimate of drug-likeness (QED) is 0.664. The van der Waals surface area contributed by atoms with Crippen LogP contribution in [0.4, 0.5) is 0 Å².